The van der Waals surface area contributed by atoms with Gasteiger partial charge < -0.3 is 5.73 Å². The lowest BCUT2D eigenvalue weighted by molar-refractivity contribution is -0.138. The van der Waals surface area contributed by atoms with Crippen LogP contribution in [-0.4, -0.2) is 6.43 Å². The molecule has 1 atom stereocenters. The summed E-state index contributed by atoms with van der Waals surface area (Å²) in [5.74, 6) is 0. The van der Waals surface area contributed by atoms with Crippen LogP contribution >= 0.6 is 12.4 Å². The van der Waals surface area contributed by atoms with Crippen LogP contribution in [0.2, 0.25) is 0 Å². The number of benzene rings is 1. The zero-order valence-corrected chi connectivity index (χ0v) is 8.66. The fraction of sp³-hybridized carbons (Fsp3) is 0.333. The maximum atomic E-state index is 12.4. The van der Waals surface area contributed by atoms with E-state index in [9.17, 15) is 22.0 Å². The first-order valence-corrected chi connectivity index (χ1v) is 4.04. The largest absolute Gasteiger partial charge is 0.416 e. The average Bonchev–Trinajstić information content (AvgIpc) is 2.15. The Morgan fingerprint density at radius 1 is 1.06 bits per heavy atom. The summed E-state index contributed by atoms with van der Waals surface area (Å²) in [4.78, 5) is 0. The Morgan fingerprint density at radius 2 is 1.56 bits per heavy atom. The molecule has 1 nitrogen and oxygen atoms in total. The molecule has 1 aromatic rings. The fourth-order valence-electron chi connectivity index (χ4n) is 1.18. The topological polar surface area (TPSA) is 26.0 Å². The number of alkyl halides is 5. The molecule has 0 heterocycles. The van der Waals surface area contributed by atoms with Gasteiger partial charge in [-0.2, -0.15) is 13.2 Å². The van der Waals surface area contributed by atoms with Gasteiger partial charge in [-0.3, -0.25) is 0 Å². The summed E-state index contributed by atoms with van der Waals surface area (Å²) >= 11 is 0. The molecule has 0 spiro atoms. The predicted molar refractivity (Wildman–Crippen MR) is 51.6 cm³/mol. The van der Waals surface area contributed by atoms with Crippen LogP contribution in [0.5, 0.6) is 0 Å². The SMILES string of the molecule is Cl.N[C@H](c1ccccc1C(F)(F)F)C(F)F. The first-order valence-electron chi connectivity index (χ1n) is 4.04. The van der Waals surface area contributed by atoms with E-state index in [4.69, 9.17) is 5.73 Å². The van der Waals surface area contributed by atoms with Gasteiger partial charge in [0.25, 0.3) is 6.43 Å². The van der Waals surface area contributed by atoms with Crippen LogP contribution in [0, 0.1) is 0 Å². The van der Waals surface area contributed by atoms with Crippen LogP contribution in [0.3, 0.4) is 0 Å². The van der Waals surface area contributed by atoms with E-state index in [2.05, 4.69) is 0 Å². The lowest BCUT2D eigenvalue weighted by atomic mass is 10.0. The zero-order chi connectivity index (χ0) is 11.6. The minimum absolute atomic E-state index is 0. The molecule has 7 heteroatoms. The minimum atomic E-state index is -4.66. The second-order valence-corrected chi connectivity index (χ2v) is 2.95. The Hall–Kier alpha value is -0.880. The van der Waals surface area contributed by atoms with Crippen molar-refractivity contribution >= 4 is 12.4 Å². The van der Waals surface area contributed by atoms with Gasteiger partial charge in [-0.25, -0.2) is 8.78 Å². The molecule has 0 aromatic heterocycles. The van der Waals surface area contributed by atoms with E-state index in [0.717, 1.165) is 18.2 Å². The summed E-state index contributed by atoms with van der Waals surface area (Å²) in [5.41, 5.74) is 3.29. The third kappa shape index (κ3) is 3.31. The third-order valence-electron chi connectivity index (χ3n) is 1.90. The summed E-state index contributed by atoms with van der Waals surface area (Å²) in [6, 6.07) is 2.15. The molecule has 1 rings (SSSR count). The van der Waals surface area contributed by atoms with Crippen LogP contribution in [0.4, 0.5) is 22.0 Å². The molecule has 0 aliphatic heterocycles. The maximum Gasteiger partial charge on any atom is 0.416 e. The van der Waals surface area contributed by atoms with Crippen molar-refractivity contribution in [1.29, 1.82) is 0 Å². The molecular weight excluding hydrogens is 253 g/mol. The lowest BCUT2D eigenvalue weighted by Crippen LogP contribution is -2.23. The highest BCUT2D eigenvalue weighted by Crippen LogP contribution is 2.35. The van der Waals surface area contributed by atoms with Gasteiger partial charge >= 0.3 is 6.18 Å². The van der Waals surface area contributed by atoms with Crippen LogP contribution < -0.4 is 5.73 Å². The van der Waals surface area contributed by atoms with Gasteiger partial charge in [-0.1, -0.05) is 18.2 Å². The van der Waals surface area contributed by atoms with E-state index < -0.39 is 29.8 Å². The van der Waals surface area contributed by atoms with Crippen LogP contribution in [0.25, 0.3) is 0 Å². The molecule has 92 valence electrons. The molecule has 0 aliphatic carbocycles. The minimum Gasteiger partial charge on any atom is -0.319 e. The Morgan fingerprint density at radius 3 is 2.00 bits per heavy atom. The average molecular weight is 262 g/mol. The van der Waals surface area contributed by atoms with Crippen molar-refractivity contribution in [3.63, 3.8) is 0 Å². The summed E-state index contributed by atoms with van der Waals surface area (Å²) < 4.78 is 61.5. The van der Waals surface area contributed by atoms with Crippen molar-refractivity contribution in [2.75, 3.05) is 0 Å². The standard InChI is InChI=1S/C9H8F5N.ClH/c10-8(11)7(15)5-3-1-2-4-6(5)9(12,13)14;/h1-4,7-8H,15H2;1H/t7-;/m1./s1. The number of rotatable bonds is 2. The van der Waals surface area contributed by atoms with Crippen LogP contribution in [-0.2, 0) is 6.18 Å². The molecule has 2 N–H and O–H groups in total. The highest BCUT2D eigenvalue weighted by atomic mass is 35.5. The molecule has 16 heavy (non-hydrogen) atoms. The molecule has 0 amide bonds. The summed E-state index contributed by atoms with van der Waals surface area (Å²) in [6.45, 7) is 0. The number of nitrogens with two attached hydrogens (primary N) is 1. The smallest absolute Gasteiger partial charge is 0.319 e. The fourth-order valence-corrected chi connectivity index (χ4v) is 1.18. The number of hydrogen-bond donors (Lipinski definition) is 1. The van der Waals surface area contributed by atoms with Gasteiger partial charge in [0.2, 0.25) is 0 Å². The van der Waals surface area contributed by atoms with Gasteiger partial charge in [-0.15, -0.1) is 12.4 Å². The van der Waals surface area contributed by atoms with Crippen molar-refractivity contribution in [3.05, 3.63) is 35.4 Å². The monoisotopic (exact) mass is 261 g/mol. The van der Waals surface area contributed by atoms with Gasteiger partial charge in [0.05, 0.1) is 11.6 Å². The molecule has 0 saturated heterocycles. The Balaban J connectivity index is 0.00000225. The van der Waals surface area contributed by atoms with E-state index in [-0.39, 0.29) is 12.4 Å². The Bertz CT molecular complexity index is 339. The van der Waals surface area contributed by atoms with Gasteiger partial charge in [0, 0.05) is 0 Å². The van der Waals surface area contributed by atoms with Crippen molar-refractivity contribution in [2.45, 2.75) is 18.6 Å². The second-order valence-electron chi connectivity index (χ2n) is 2.95. The van der Waals surface area contributed by atoms with E-state index in [1.165, 1.54) is 6.07 Å². The highest BCUT2D eigenvalue weighted by molar-refractivity contribution is 5.85. The molecule has 1 aromatic carbocycles. The number of hydrogen-bond acceptors (Lipinski definition) is 1. The summed E-state index contributed by atoms with van der Waals surface area (Å²) in [7, 11) is 0. The van der Waals surface area contributed by atoms with Crippen molar-refractivity contribution < 1.29 is 22.0 Å². The quantitative estimate of drug-likeness (QED) is 0.812. The van der Waals surface area contributed by atoms with E-state index >= 15 is 0 Å². The summed E-state index contributed by atoms with van der Waals surface area (Å²) in [6.07, 6.45) is -7.68. The molecule has 0 bridgehead atoms. The molecule has 0 radical (unpaired) electrons. The van der Waals surface area contributed by atoms with Gasteiger partial charge in [0.1, 0.15) is 0 Å². The van der Waals surface area contributed by atoms with Crippen LogP contribution in [0.15, 0.2) is 24.3 Å². The van der Waals surface area contributed by atoms with Crippen LogP contribution in [0.1, 0.15) is 17.2 Å². The molecular formula is C9H9ClF5N. The second kappa shape index (κ2) is 5.45. The van der Waals surface area contributed by atoms with Crippen molar-refractivity contribution in [1.82, 2.24) is 0 Å². The molecule has 0 fully saturated rings. The normalized spacial score (nSPS) is 13.4. The highest BCUT2D eigenvalue weighted by Gasteiger charge is 2.35. The van der Waals surface area contributed by atoms with E-state index in [0.29, 0.717) is 0 Å². The first kappa shape index (κ1) is 15.1. The van der Waals surface area contributed by atoms with Gasteiger partial charge in [-0.05, 0) is 11.6 Å². The van der Waals surface area contributed by atoms with E-state index in [1.807, 2.05) is 0 Å². The van der Waals surface area contributed by atoms with E-state index in [1.54, 1.807) is 0 Å². The predicted octanol–water partition coefficient (Wildman–Crippen LogP) is 3.39. The Labute approximate surface area is 94.8 Å². The van der Waals surface area contributed by atoms with Gasteiger partial charge in [0.15, 0.2) is 0 Å². The maximum absolute atomic E-state index is 12.4. The zero-order valence-electron chi connectivity index (χ0n) is 7.84. The number of halogens is 6. The molecule has 0 unspecified atom stereocenters. The molecule has 0 aliphatic rings. The third-order valence-corrected chi connectivity index (χ3v) is 1.90. The lowest BCUT2D eigenvalue weighted by Gasteiger charge is -2.17. The first-order chi connectivity index (χ1) is 6.84. The van der Waals surface area contributed by atoms with Crippen molar-refractivity contribution in [2.24, 2.45) is 5.73 Å². The van der Waals surface area contributed by atoms with Crippen molar-refractivity contribution in [3.8, 4) is 0 Å². The Kier molecular flexibility index (Phi) is 5.15. The molecule has 0 saturated carbocycles. The summed E-state index contributed by atoms with van der Waals surface area (Å²) in [5, 5.41) is 0.